The molecule has 100 valence electrons. The molecular weight excluding hydrogens is 266 g/mol. The summed E-state index contributed by atoms with van der Waals surface area (Å²) in [5.41, 5.74) is 0.725. The van der Waals surface area contributed by atoms with Crippen molar-refractivity contribution in [3.8, 4) is 11.5 Å². The molecule has 6 heteroatoms. The van der Waals surface area contributed by atoms with Crippen molar-refractivity contribution in [3.63, 3.8) is 0 Å². The molecule has 0 aliphatic carbocycles. The van der Waals surface area contributed by atoms with Crippen LogP contribution in [0.4, 0.5) is 5.95 Å². The molecule has 0 fully saturated rings. The number of halogens is 1. The summed E-state index contributed by atoms with van der Waals surface area (Å²) in [6.45, 7) is 1.94. The molecule has 0 unspecified atom stereocenters. The highest BCUT2D eigenvalue weighted by atomic mass is 35.5. The van der Waals surface area contributed by atoms with Gasteiger partial charge in [-0.25, -0.2) is 0 Å². The molecule has 0 saturated heterocycles. The molecule has 0 spiro atoms. The van der Waals surface area contributed by atoms with Crippen molar-refractivity contribution in [2.75, 3.05) is 11.9 Å². The monoisotopic (exact) mass is 279 g/mol. The van der Waals surface area contributed by atoms with E-state index in [1.54, 1.807) is 25.2 Å². The largest absolute Gasteiger partial charge is 0.332 e. The van der Waals surface area contributed by atoms with Crippen LogP contribution in [0.2, 0.25) is 5.02 Å². The number of hydrogen-bond acceptors (Lipinski definition) is 4. The van der Waals surface area contributed by atoms with Crippen LogP contribution in [-0.2, 0) is 4.79 Å². The predicted octanol–water partition coefficient (Wildman–Crippen LogP) is 3.15. The van der Waals surface area contributed by atoms with Crippen molar-refractivity contribution in [1.29, 1.82) is 0 Å². The van der Waals surface area contributed by atoms with Crippen molar-refractivity contribution in [1.82, 2.24) is 10.1 Å². The summed E-state index contributed by atoms with van der Waals surface area (Å²) in [4.78, 5) is 17.3. The first kappa shape index (κ1) is 13.5. The van der Waals surface area contributed by atoms with Crippen LogP contribution in [0.15, 0.2) is 28.8 Å². The Balaban J connectivity index is 2.21. The second-order valence-corrected chi connectivity index (χ2v) is 4.55. The van der Waals surface area contributed by atoms with Crippen LogP contribution in [0.25, 0.3) is 11.5 Å². The maximum Gasteiger partial charge on any atom is 0.272 e. The summed E-state index contributed by atoms with van der Waals surface area (Å²) < 4.78 is 5.14. The first-order valence-corrected chi connectivity index (χ1v) is 6.36. The minimum Gasteiger partial charge on any atom is -0.332 e. The minimum absolute atomic E-state index is 0.0408. The lowest BCUT2D eigenvalue weighted by Gasteiger charge is -2.10. The number of aromatic nitrogens is 2. The van der Waals surface area contributed by atoms with E-state index >= 15 is 0 Å². The molecule has 0 N–H and O–H groups in total. The molecule has 1 heterocycles. The van der Waals surface area contributed by atoms with Gasteiger partial charge in [-0.05, 0) is 29.8 Å². The van der Waals surface area contributed by atoms with Crippen LogP contribution in [0.1, 0.15) is 19.8 Å². The van der Waals surface area contributed by atoms with Crippen LogP contribution >= 0.6 is 11.6 Å². The average molecular weight is 280 g/mol. The van der Waals surface area contributed by atoms with Gasteiger partial charge in [-0.3, -0.25) is 9.69 Å². The molecule has 0 radical (unpaired) electrons. The zero-order chi connectivity index (χ0) is 13.8. The standard InChI is InChI=1S/C13H14ClN3O2/c1-3-5-11(18)17(2)13-15-12(19-16-13)9-6-4-7-10(14)8-9/h4,6-8H,3,5H2,1-2H3. The molecule has 19 heavy (non-hydrogen) atoms. The van der Waals surface area contributed by atoms with Crippen LogP contribution < -0.4 is 4.90 Å². The van der Waals surface area contributed by atoms with Gasteiger partial charge in [0.15, 0.2) is 0 Å². The Bertz CT molecular complexity index is 583. The van der Waals surface area contributed by atoms with E-state index in [0.717, 1.165) is 12.0 Å². The smallest absolute Gasteiger partial charge is 0.272 e. The number of carbonyl (C=O) groups excluding carboxylic acids is 1. The quantitative estimate of drug-likeness (QED) is 0.862. The lowest BCUT2D eigenvalue weighted by atomic mass is 10.2. The Morgan fingerprint density at radius 2 is 2.26 bits per heavy atom. The maximum absolute atomic E-state index is 11.7. The molecule has 0 aliphatic heterocycles. The van der Waals surface area contributed by atoms with E-state index < -0.39 is 0 Å². The number of nitrogens with zero attached hydrogens (tertiary/aromatic N) is 3. The summed E-state index contributed by atoms with van der Waals surface area (Å²) in [6.07, 6.45) is 1.24. The molecule has 1 aromatic heterocycles. The molecule has 0 atom stereocenters. The molecule has 5 nitrogen and oxygen atoms in total. The molecule has 0 saturated carbocycles. The highest BCUT2D eigenvalue weighted by molar-refractivity contribution is 6.30. The van der Waals surface area contributed by atoms with Crippen LogP contribution in [0.5, 0.6) is 0 Å². The number of anilines is 1. The fraction of sp³-hybridized carbons (Fsp3) is 0.308. The first-order chi connectivity index (χ1) is 9.11. The number of carbonyl (C=O) groups is 1. The van der Waals surface area contributed by atoms with Crippen LogP contribution in [0, 0.1) is 0 Å². The Labute approximate surface area is 116 Å². The Hall–Kier alpha value is -1.88. The van der Waals surface area contributed by atoms with Gasteiger partial charge in [0.25, 0.3) is 11.8 Å². The molecule has 1 amide bonds. The van der Waals surface area contributed by atoms with Crippen molar-refractivity contribution < 1.29 is 9.32 Å². The van der Waals surface area contributed by atoms with E-state index in [0.29, 0.717) is 17.3 Å². The topological polar surface area (TPSA) is 59.2 Å². The Morgan fingerprint density at radius 1 is 1.47 bits per heavy atom. The van der Waals surface area contributed by atoms with Crippen LogP contribution in [-0.4, -0.2) is 23.1 Å². The van der Waals surface area contributed by atoms with E-state index in [-0.39, 0.29) is 11.9 Å². The van der Waals surface area contributed by atoms with E-state index in [1.165, 1.54) is 4.90 Å². The number of rotatable bonds is 4. The highest BCUT2D eigenvalue weighted by Gasteiger charge is 2.17. The summed E-state index contributed by atoms with van der Waals surface area (Å²) in [7, 11) is 1.63. The fourth-order valence-electron chi connectivity index (χ4n) is 1.58. The fourth-order valence-corrected chi connectivity index (χ4v) is 1.77. The van der Waals surface area contributed by atoms with E-state index in [9.17, 15) is 4.79 Å². The molecule has 2 rings (SSSR count). The zero-order valence-corrected chi connectivity index (χ0v) is 11.5. The number of hydrogen-bond donors (Lipinski definition) is 0. The maximum atomic E-state index is 11.7. The molecule has 2 aromatic rings. The van der Waals surface area contributed by atoms with Gasteiger partial charge in [-0.15, -0.1) is 0 Å². The lowest BCUT2D eigenvalue weighted by Crippen LogP contribution is -2.26. The number of amides is 1. The summed E-state index contributed by atoms with van der Waals surface area (Å²) in [5, 5.41) is 4.39. The Morgan fingerprint density at radius 3 is 2.95 bits per heavy atom. The normalized spacial score (nSPS) is 10.5. The Kier molecular flexibility index (Phi) is 4.16. The van der Waals surface area contributed by atoms with E-state index in [2.05, 4.69) is 10.1 Å². The predicted molar refractivity (Wildman–Crippen MR) is 73.1 cm³/mol. The SMILES string of the molecule is CCCC(=O)N(C)c1noc(-c2cccc(Cl)c2)n1. The van der Waals surface area contributed by atoms with Crippen molar-refractivity contribution in [2.45, 2.75) is 19.8 Å². The van der Waals surface area contributed by atoms with Crippen molar-refractivity contribution >= 4 is 23.5 Å². The van der Waals surface area contributed by atoms with Gasteiger partial charge in [-0.1, -0.05) is 24.6 Å². The third-order valence-corrected chi connectivity index (χ3v) is 2.86. The number of benzene rings is 1. The van der Waals surface area contributed by atoms with Crippen molar-refractivity contribution in [3.05, 3.63) is 29.3 Å². The van der Waals surface area contributed by atoms with Gasteiger partial charge in [-0.2, -0.15) is 4.98 Å². The van der Waals surface area contributed by atoms with Gasteiger partial charge in [0.1, 0.15) is 0 Å². The van der Waals surface area contributed by atoms with Crippen molar-refractivity contribution in [2.24, 2.45) is 0 Å². The van der Waals surface area contributed by atoms with Crippen LogP contribution in [0.3, 0.4) is 0 Å². The highest BCUT2D eigenvalue weighted by Crippen LogP contribution is 2.22. The van der Waals surface area contributed by atoms with Gasteiger partial charge in [0.2, 0.25) is 5.91 Å². The average Bonchev–Trinajstić information content (AvgIpc) is 2.87. The van der Waals surface area contributed by atoms with E-state index in [1.807, 2.05) is 13.0 Å². The summed E-state index contributed by atoms with van der Waals surface area (Å²) in [6, 6.07) is 7.11. The zero-order valence-electron chi connectivity index (χ0n) is 10.8. The first-order valence-electron chi connectivity index (χ1n) is 5.98. The van der Waals surface area contributed by atoms with Gasteiger partial charge in [0, 0.05) is 24.1 Å². The minimum atomic E-state index is -0.0408. The second-order valence-electron chi connectivity index (χ2n) is 4.11. The molecule has 1 aromatic carbocycles. The lowest BCUT2D eigenvalue weighted by molar-refractivity contribution is -0.118. The summed E-state index contributed by atoms with van der Waals surface area (Å²) in [5.74, 6) is 0.558. The third kappa shape index (κ3) is 3.12. The molecule has 0 bridgehead atoms. The van der Waals surface area contributed by atoms with Gasteiger partial charge < -0.3 is 4.52 Å². The van der Waals surface area contributed by atoms with Gasteiger partial charge >= 0.3 is 0 Å². The van der Waals surface area contributed by atoms with Gasteiger partial charge in [0.05, 0.1) is 0 Å². The molecular formula is C13H14ClN3O2. The second kappa shape index (κ2) is 5.84. The third-order valence-electron chi connectivity index (χ3n) is 2.62. The van der Waals surface area contributed by atoms with E-state index in [4.69, 9.17) is 16.1 Å². The summed E-state index contributed by atoms with van der Waals surface area (Å²) >= 11 is 5.90. The molecule has 0 aliphatic rings.